The third-order valence-electron chi connectivity index (χ3n) is 4.03. The lowest BCUT2D eigenvalue weighted by molar-refractivity contribution is -0.384. The molecule has 3 aromatic rings. The Labute approximate surface area is 175 Å². The van der Waals surface area contributed by atoms with Gasteiger partial charge >= 0.3 is 0 Å². The standard InChI is InChI=1S/C19H18FN5O4S/c1-12(29-16-8-6-13(20)7-9-16)18-22-23-19(24(18)2)30-11-17(26)21-14-4-3-5-15(10-14)25(27)28/h3-10,12H,11H2,1-2H3,(H,21,26). The number of nitro benzene ring substituents is 1. The average Bonchev–Trinajstić information content (AvgIpc) is 3.09. The van der Waals surface area contributed by atoms with Crippen LogP contribution in [0.3, 0.4) is 0 Å². The lowest BCUT2D eigenvalue weighted by Gasteiger charge is -2.14. The molecular formula is C19H18FN5O4S. The lowest BCUT2D eigenvalue weighted by atomic mass is 10.3. The number of amides is 1. The van der Waals surface area contributed by atoms with Crippen molar-refractivity contribution in [3.8, 4) is 5.75 Å². The Hall–Kier alpha value is -3.47. The zero-order chi connectivity index (χ0) is 21.7. The van der Waals surface area contributed by atoms with E-state index < -0.39 is 11.0 Å². The van der Waals surface area contributed by atoms with E-state index in [0.29, 0.717) is 22.4 Å². The van der Waals surface area contributed by atoms with Crippen LogP contribution in [0.1, 0.15) is 18.9 Å². The fraction of sp³-hybridized carbons (Fsp3) is 0.211. The van der Waals surface area contributed by atoms with E-state index in [1.165, 1.54) is 54.2 Å². The first-order chi connectivity index (χ1) is 14.3. The second-order valence-corrected chi connectivity index (χ2v) is 7.20. The van der Waals surface area contributed by atoms with E-state index in [1.807, 2.05) is 0 Å². The van der Waals surface area contributed by atoms with Crippen molar-refractivity contribution in [2.24, 2.45) is 7.05 Å². The second-order valence-electron chi connectivity index (χ2n) is 6.26. The van der Waals surface area contributed by atoms with Gasteiger partial charge in [-0.15, -0.1) is 10.2 Å². The van der Waals surface area contributed by atoms with E-state index in [-0.39, 0.29) is 23.2 Å². The maximum absolute atomic E-state index is 13.0. The van der Waals surface area contributed by atoms with Crippen molar-refractivity contribution in [3.63, 3.8) is 0 Å². The van der Waals surface area contributed by atoms with Crippen LogP contribution in [-0.4, -0.2) is 31.3 Å². The molecule has 1 atom stereocenters. The van der Waals surface area contributed by atoms with Crippen molar-refractivity contribution in [1.29, 1.82) is 0 Å². The van der Waals surface area contributed by atoms with E-state index >= 15 is 0 Å². The smallest absolute Gasteiger partial charge is 0.271 e. The summed E-state index contributed by atoms with van der Waals surface area (Å²) in [6, 6.07) is 11.4. The minimum absolute atomic E-state index is 0.0435. The SMILES string of the molecule is CC(Oc1ccc(F)cc1)c1nnc(SCC(=O)Nc2cccc([N+](=O)[O-])c2)n1C. The Morgan fingerprint density at radius 1 is 1.30 bits per heavy atom. The monoisotopic (exact) mass is 431 g/mol. The number of thioether (sulfide) groups is 1. The van der Waals surface area contributed by atoms with Gasteiger partial charge in [0.05, 0.1) is 10.7 Å². The molecule has 9 nitrogen and oxygen atoms in total. The normalized spacial score (nSPS) is 11.7. The van der Waals surface area contributed by atoms with E-state index in [1.54, 1.807) is 24.6 Å². The van der Waals surface area contributed by atoms with Crippen molar-refractivity contribution in [2.45, 2.75) is 18.2 Å². The maximum Gasteiger partial charge on any atom is 0.271 e. The number of hydrogen-bond acceptors (Lipinski definition) is 7. The van der Waals surface area contributed by atoms with Gasteiger partial charge in [-0.05, 0) is 37.3 Å². The zero-order valence-corrected chi connectivity index (χ0v) is 16.9. The number of nitrogens with zero attached hydrogens (tertiary/aromatic N) is 4. The molecule has 1 N–H and O–H groups in total. The van der Waals surface area contributed by atoms with Gasteiger partial charge in [-0.3, -0.25) is 14.9 Å². The molecule has 0 bridgehead atoms. The lowest BCUT2D eigenvalue weighted by Crippen LogP contribution is -2.15. The van der Waals surface area contributed by atoms with E-state index in [0.717, 1.165) is 0 Å². The summed E-state index contributed by atoms with van der Waals surface area (Å²) >= 11 is 1.17. The number of benzene rings is 2. The molecule has 0 aliphatic carbocycles. The number of nitrogens with one attached hydrogen (secondary N) is 1. The molecule has 156 valence electrons. The molecular weight excluding hydrogens is 413 g/mol. The zero-order valence-electron chi connectivity index (χ0n) is 16.1. The quantitative estimate of drug-likeness (QED) is 0.328. The van der Waals surface area contributed by atoms with Crippen LogP contribution in [0.4, 0.5) is 15.8 Å². The maximum atomic E-state index is 13.0. The molecule has 0 radical (unpaired) electrons. The van der Waals surface area contributed by atoms with E-state index in [4.69, 9.17) is 4.74 Å². The highest BCUT2D eigenvalue weighted by Gasteiger charge is 2.18. The number of halogens is 1. The molecule has 0 saturated heterocycles. The largest absolute Gasteiger partial charge is 0.483 e. The fourth-order valence-electron chi connectivity index (χ4n) is 2.60. The molecule has 11 heteroatoms. The molecule has 0 spiro atoms. The molecule has 3 rings (SSSR count). The molecule has 1 amide bonds. The summed E-state index contributed by atoms with van der Waals surface area (Å²) in [4.78, 5) is 22.5. The first kappa shape index (κ1) is 21.2. The number of non-ortho nitro benzene ring substituents is 1. The fourth-order valence-corrected chi connectivity index (χ4v) is 3.32. The third-order valence-corrected chi connectivity index (χ3v) is 5.05. The molecule has 0 aliphatic heterocycles. The Bertz CT molecular complexity index is 1060. The van der Waals surface area contributed by atoms with E-state index in [2.05, 4.69) is 15.5 Å². The van der Waals surface area contributed by atoms with Crippen molar-refractivity contribution < 1.29 is 18.8 Å². The average molecular weight is 431 g/mol. The first-order valence-electron chi connectivity index (χ1n) is 8.82. The van der Waals surface area contributed by atoms with Crippen molar-refractivity contribution in [2.75, 3.05) is 11.1 Å². The molecule has 30 heavy (non-hydrogen) atoms. The molecule has 1 heterocycles. The van der Waals surface area contributed by atoms with Crippen LogP contribution < -0.4 is 10.1 Å². The molecule has 1 aromatic heterocycles. The third kappa shape index (κ3) is 5.32. The number of anilines is 1. The Morgan fingerprint density at radius 3 is 2.73 bits per heavy atom. The van der Waals surface area contributed by atoms with Gasteiger partial charge < -0.3 is 14.6 Å². The van der Waals surface area contributed by atoms with Crippen LogP contribution >= 0.6 is 11.8 Å². The number of carbonyl (C=O) groups excluding carboxylic acids is 1. The second kappa shape index (κ2) is 9.35. The Balaban J connectivity index is 1.58. The van der Waals surface area contributed by atoms with Gasteiger partial charge in [-0.1, -0.05) is 17.8 Å². The first-order valence-corrected chi connectivity index (χ1v) is 9.80. The van der Waals surface area contributed by atoms with Gasteiger partial charge in [0, 0.05) is 24.9 Å². The number of ether oxygens (including phenoxy) is 1. The summed E-state index contributed by atoms with van der Waals surface area (Å²) in [5.74, 6) is 0.400. The Kier molecular flexibility index (Phi) is 6.62. The number of carbonyl (C=O) groups is 1. The molecule has 1 unspecified atom stereocenters. The summed E-state index contributed by atoms with van der Waals surface area (Å²) in [6.45, 7) is 1.79. The number of aromatic nitrogens is 3. The molecule has 2 aromatic carbocycles. The Morgan fingerprint density at radius 2 is 2.03 bits per heavy atom. The van der Waals surface area contributed by atoms with Gasteiger partial charge in [0.1, 0.15) is 11.6 Å². The van der Waals surface area contributed by atoms with Crippen LogP contribution in [0, 0.1) is 15.9 Å². The van der Waals surface area contributed by atoms with Gasteiger partial charge in [0.25, 0.3) is 5.69 Å². The van der Waals surface area contributed by atoms with Crippen LogP contribution in [0.25, 0.3) is 0 Å². The molecule has 0 saturated carbocycles. The topological polar surface area (TPSA) is 112 Å². The van der Waals surface area contributed by atoms with Crippen molar-refractivity contribution in [3.05, 3.63) is 70.3 Å². The predicted octanol–water partition coefficient (Wildman–Crippen LogP) is 3.73. The number of rotatable bonds is 8. The van der Waals surface area contributed by atoms with Gasteiger partial charge in [0.2, 0.25) is 5.91 Å². The summed E-state index contributed by atoms with van der Waals surface area (Å²) in [6.07, 6.45) is -0.444. The van der Waals surface area contributed by atoms with Gasteiger partial charge in [0.15, 0.2) is 17.1 Å². The van der Waals surface area contributed by atoms with E-state index in [9.17, 15) is 19.3 Å². The summed E-state index contributed by atoms with van der Waals surface area (Å²) < 4.78 is 20.5. The molecule has 0 fully saturated rings. The predicted molar refractivity (Wildman–Crippen MR) is 109 cm³/mol. The summed E-state index contributed by atoms with van der Waals surface area (Å²) in [7, 11) is 1.75. The highest BCUT2D eigenvalue weighted by atomic mass is 32.2. The highest BCUT2D eigenvalue weighted by molar-refractivity contribution is 7.99. The number of nitro groups is 1. The van der Waals surface area contributed by atoms with Crippen LogP contribution in [0.15, 0.2) is 53.7 Å². The van der Waals surface area contributed by atoms with Crippen molar-refractivity contribution >= 4 is 29.0 Å². The highest BCUT2D eigenvalue weighted by Crippen LogP contribution is 2.24. The van der Waals surface area contributed by atoms with Crippen molar-refractivity contribution in [1.82, 2.24) is 14.8 Å². The van der Waals surface area contributed by atoms with Gasteiger partial charge in [-0.2, -0.15) is 0 Å². The van der Waals surface area contributed by atoms with Crippen LogP contribution in [-0.2, 0) is 11.8 Å². The number of hydrogen-bond donors (Lipinski definition) is 1. The minimum Gasteiger partial charge on any atom is -0.483 e. The minimum atomic E-state index is -0.527. The van der Waals surface area contributed by atoms with Gasteiger partial charge in [-0.25, -0.2) is 4.39 Å². The molecule has 0 aliphatic rings. The van der Waals surface area contributed by atoms with Crippen LogP contribution in [0.2, 0.25) is 0 Å². The summed E-state index contributed by atoms with van der Waals surface area (Å²) in [5, 5.41) is 22.1. The summed E-state index contributed by atoms with van der Waals surface area (Å²) in [5.41, 5.74) is 0.239. The van der Waals surface area contributed by atoms with Crippen LogP contribution in [0.5, 0.6) is 5.75 Å².